The number of benzene rings is 2. The topological polar surface area (TPSA) is 59.3 Å². The minimum atomic E-state index is -0.300. The molecule has 0 aliphatic carbocycles. The van der Waals surface area contributed by atoms with Crippen LogP contribution in [0.2, 0.25) is 0 Å². The zero-order chi connectivity index (χ0) is 18.7. The molecule has 0 atom stereocenters. The molecule has 1 heterocycles. The molecule has 3 aromatic rings. The molecule has 0 aliphatic rings. The largest absolute Gasteiger partial charge is 0.463 e. The number of carbonyl (C=O) groups is 1. The van der Waals surface area contributed by atoms with Crippen molar-refractivity contribution in [2.24, 2.45) is 0 Å². The molecule has 0 unspecified atom stereocenters. The Morgan fingerprint density at radius 2 is 1.85 bits per heavy atom. The van der Waals surface area contributed by atoms with E-state index in [0.29, 0.717) is 28.1 Å². The van der Waals surface area contributed by atoms with Gasteiger partial charge in [-0.1, -0.05) is 37.6 Å². The Hall–Kier alpha value is -3.14. The zero-order valence-corrected chi connectivity index (χ0v) is 15.1. The Morgan fingerprint density at radius 3 is 2.54 bits per heavy atom. The first-order valence-electron chi connectivity index (χ1n) is 8.55. The van der Waals surface area contributed by atoms with Crippen LogP contribution in [0.4, 0.5) is 5.69 Å². The highest BCUT2D eigenvalue weighted by Gasteiger charge is 2.06. The molecule has 0 spiro atoms. The third-order valence-corrected chi connectivity index (χ3v) is 4.21. The molecular formula is C22H21NO3. The van der Waals surface area contributed by atoms with E-state index in [0.717, 1.165) is 5.56 Å². The summed E-state index contributed by atoms with van der Waals surface area (Å²) in [6, 6.07) is 13.2. The van der Waals surface area contributed by atoms with E-state index in [9.17, 15) is 9.59 Å². The van der Waals surface area contributed by atoms with Gasteiger partial charge in [-0.25, -0.2) is 0 Å². The summed E-state index contributed by atoms with van der Waals surface area (Å²) in [4.78, 5) is 24.6. The van der Waals surface area contributed by atoms with E-state index < -0.39 is 0 Å². The number of hydrogen-bond acceptors (Lipinski definition) is 3. The third kappa shape index (κ3) is 3.91. The highest BCUT2D eigenvalue weighted by Crippen LogP contribution is 2.17. The number of anilines is 1. The molecule has 132 valence electrons. The summed E-state index contributed by atoms with van der Waals surface area (Å²) in [6.45, 7) is 6.15. The van der Waals surface area contributed by atoms with Crippen LogP contribution in [0.25, 0.3) is 17.0 Å². The first kappa shape index (κ1) is 17.7. The Balaban J connectivity index is 1.77. The van der Waals surface area contributed by atoms with Gasteiger partial charge in [0.05, 0.1) is 10.9 Å². The molecule has 0 aliphatic heterocycles. The molecule has 26 heavy (non-hydrogen) atoms. The van der Waals surface area contributed by atoms with Gasteiger partial charge in [-0.2, -0.15) is 0 Å². The van der Waals surface area contributed by atoms with Crippen molar-refractivity contribution in [3.8, 4) is 0 Å². The van der Waals surface area contributed by atoms with Crippen molar-refractivity contribution in [3.05, 3.63) is 81.7 Å². The molecule has 0 bridgehead atoms. The number of hydrogen-bond donors (Lipinski definition) is 1. The minimum Gasteiger partial charge on any atom is -0.463 e. The molecule has 1 amide bonds. The van der Waals surface area contributed by atoms with Crippen LogP contribution in [0.15, 0.2) is 64.0 Å². The number of amides is 1. The minimum absolute atomic E-state index is 0.153. The first-order chi connectivity index (χ1) is 12.4. The summed E-state index contributed by atoms with van der Waals surface area (Å²) < 4.78 is 5.48. The monoisotopic (exact) mass is 347 g/mol. The third-order valence-electron chi connectivity index (χ3n) is 4.21. The van der Waals surface area contributed by atoms with Crippen LogP contribution in [0.5, 0.6) is 0 Å². The number of rotatable bonds is 4. The Labute approximate surface area is 152 Å². The Bertz CT molecular complexity index is 1030. The van der Waals surface area contributed by atoms with Gasteiger partial charge in [0.15, 0.2) is 5.43 Å². The summed E-state index contributed by atoms with van der Waals surface area (Å²) >= 11 is 0. The maximum atomic E-state index is 12.5. The summed E-state index contributed by atoms with van der Waals surface area (Å²) in [6.07, 6.45) is 4.19. The Kier molecular flexibility index (Phi) is 5.03. The van der Waals surface area contributed by atoms with Crippen molar-refractivity contribution in [1.29, 1.82) is 0 Å². The van der Waals surface area contributed by atoms with Gasteiger partial charge in [0.1, 0.15) is 11.8 Å². The van der Waals surface area contributed by atoms with E-state index in [1.807, 2.05) is 37.3 Å². The van der Waals surface area contributed by atoms with Crippen LogP contribution in [0, 0.1) is 6.92 Å². The van der Waals surface area contributed by atoms with Gasteiger partial charge in [0, 0.05) is 11.8 Å². The number of carbonyl (C=O) groups excluding carboxylic acids is 1. The van der Waals surface area contributed by atoms with Gasteiger partial charge in [-0.05, 0) is 48.7 Å². The van der Waals surface area contributed by atoms with Gasteiger partial charge in [0.2, 0.25) is 5.91 Å². The second kappa shape index (κ2) is 7.40. The molecular weight excluding hydrogens is 326 g/mol. The van der Waals surface area contributed by atoms with Crippen LogP contribution in [0.1, 0.15) is 36.5 Å². The lowest BCUT2D eigenvalue weighted by Gasteiger charge is -2.07. The average Bonchev–Trinajstić information content (AvgIpc) is 2.62. The number of aryl methyl sites for hydroxylation is 1. The smallest absolute Gasteiger partial charge is 0.248 e. The van der Waals surface area contributed by atoms with Crippen molar-refractivity contribution in [3.63, 3.8) is 0 Å². The number of fused-ring (bicyclic) bond motifs is 1. The van der Waals surface area contributed by atoms with Crippen molar-refractivity contribution in [2.75, 3.05) is 5.32 Å². The molecule has 1 N–H and O–H groups in total. The molecule has 0 fully saturated rings. The normalized spacial score (nSPS) is 11.4. The summed E-state index contributed by atoms with van der Waals surface area (Å²) in [7, 11) is 0. The predicted octanol–water partition coefficient (Wildman–Crippen LogP) is 4.88. The van der Waals surface area contributed by atoms with Crippen LogP contribution in [-0.2, 0) is 4.79 Å². The second-order valence-corrected chi connectivity index (χ2v) is 6.62. The first-order valence-corrected chi connectivity index (χ1v) is 8.55. The highest BCUT2D eigenvalue weighted by atomic mass is 16.3. The standard InChI is InChI=1S/C22H21NO3/c1-14(2)16-5-8-18(9-6-16)23-21(24)11-7-17-13-26-20-10-4-15(3)12-19(20)22(17)25/h4-14H,1-3H3,(H,23,24)/b11-7+. The average molecular weight is 347 g/mol. The molecule has 4 nitrogen and oxygen atoms in total. The molecule has 0 radical (unpaired) electrons. The van der Waals surface area contributed by atoms with Crippen molar-refractivity contribution >= 4 is 28.6 Å². The molecule has 2 aromatic carbocycles. The zero-order valence-electron chi connectivity index (χ0n) is 15.1. The second-order valence-electron chi connectivity index (χ2n) is 6.62. The molecule has 3 rings (SSSR count). The fourth-order valence-electron chi connectivity index (χ4n) is 2.68. The van der Waals surface area contributed by atoms with Gasteiger partial charge in [-0.15, -0.1) is 0 Å². The lowest BCUT2D eigenvalue weighted by Crippen LogP contribution is -2.09. The van der Waals surface area contributed by atoms with E-state index in [-0.39, 0.29) is 11.3 Å². The maximum absolute atomic E-state index is 12.5. The fraction of sp³-hybridized carbons (Fsp3) is 0.182. The SMILES string of the molecule is Cc1ccc2occ(/C=C/C(=O)Nc3ccc(C(C)C)cc3)c(=O)c2c1. The summed E-state index contributed by atoms with van der Waals surface area (Å²) in [5, 5.41) is 3.30. The van der Waals surface area contributed by atoms with Crippen LogP contribution in [-0.4, -0.2) is 5.91 Å². The van der Waals surface area contributed by atoms with E-state index >= 15 is 0 Å². The van der Waals surface area contributed by atoms with Crippen molar-refractivity contribution in [2.45, 2.75) is 26.7 Å². The van der Waals surface area contributed by atoms with E-state index in [1.165, 1.54) is 24.0 Å². The lowest BCUT2D eigenvalue weighted by atomic mass is 10.0. The lowest BCUT2D eigenvalue weighted by molar-refractivity contribution is -0.111. The van der Waals surface area contributed by atoms with Gasteiger partial charge in [-0.3, -0.25) is 9.59 Å². The summed E-state index contributed by atoms with van der Waals surface area (Å²) in [5.41, 5.74) is 3.63. The predicted molar refractivity (Wildman–Crippen MR) is 105 cm³/mol. The van der Waals surface area contributed by atoms with Crippen LogP contribution < -0.4 is 10.7 Å². The van der Waals surface area contributed by atoms with E-state index in [4.69, 9.17) is 4.42 Å². The molecule has 0 saturated carbocycles. The Morgan fingerprint density at radius 1 is 1.12 bits per heavy atom. The quantitative estimate of drug-likeness (QED) is 0.685. The van der Waals surface area contributed by atoms with Crippen molar-refractivity contribution < 1.29 is 9.21 Å². The van der Waals surface area contributed by atoms with Gasteiger partial charge >= 0.3 is 0 Å². The van der Waals surface area contributed by atoms with Crippen molar-refractivity contribution in [1.82, 2.24) is 0 Å². The molecule has 1 aromatic heterocycles. The molecule has 4 heteroatoms. The van der Waals surface area contributed by atoms with Crippen LogP contribution in [0.3, 0.4) is 0 Å². The number of nitrogens with one attached hydrogen (secondary N) is 1. The fourth-order valence-corrected chi connectivity index (χ4v) is 2.68. The summed E-state index contributed by atoms with van der Waals surface area (Å²) in [5.74, 6) is 0.140. The van der Waals surface area contributed by atoms with Crippen LogP contribution >= 0.6 is 0 Å². The highest BCUT2D eigenvalue weighted by molar-refractivity contribution is 6.02. The van der Waals surface area contributed by atoms with E-state index in [1.54, 1.807) is 12.1 Å². The maximum Gasteiger partial charge on any atom is 0.248 e. The van der Waals surface area contributed by atoms with E-state index in [2.05, 4.69) is 19.2 Å². The molecule has 0 saturated heterocycles. The van der Waals surface area contributed by atoms with Gasteiger partial charge in [0.25, 0.3) is 0 Å². The van der Waals surface area contributed by atoms with Gasteiger partial charge < -0.3 is 9.73 Å².